The van der Waals surface area contributed by atoms with Crippen LogP contribution in [0, 0.1) is 78.9 Å². The maximum Gasteiger partial charge on any atom is 0.166 e. The fraction of sp³-hybridized carbons (Fsp3) is 0.500. The Morgan fingerprint density at radius 2 is 0.500 bits per heavy atom. The van der Waals surface area contributed by atoms with Gasteiger partial charge in [-0.25, -0.2) is 0 Å². The first-order valence-corrected chi connectivity index (χ1v) is 50.2. The zero-order valence-electron chi connectivity index (χ0n) is 79.1. The molecule has 0 spiro atoms. The van der Waals surface area contributed by atoms with E-state index in [0.29, 0.717) is 48.3 Å². The van der Waals surface area contributed by atoms with Crippen LogP contribution < -0.4 is 15.5 Å². The molecule has 660 valence electrons. The van der Waals surface area contributed by atoms with E-state index in [0.717, 1.165) is 69.1 Å². The molecule has 12 saturated carbocycles. The zero-order chi connectivity index (χ0) is 89.7. The predicted octanol–water partition coefficient (Wildman–Crippen LogP) is 25.4. The molecule has 0 aliphatic heterocycles. The Kier molecular flexibility index (Phi) is 28.1. The van der Waals surface area contributed by atoms with Gasteiger partial charge < -0.3 is 30.2 Å². The van der Waals surface area contributed by atoms with Crippen molar-refractivity contribution in [3.05, 3.63) is 268 Å². The van der Waals surface area contributed by atoms with E-state index in [-0.39, 0.29) is 77.0 Å². The number of carbonyl (C=O) groups excluding carboxylic acids is 3. The second-order valence-corrected chi connectivity index (χ2v) is 51.6. The number of carboxylic acid groups (broad SMARTS) is 2. The molecule has 12 fully saturated rings. The van der Waals surface area contributed by atoms with Crippen LogP contribution in [0.1, 0.15) is 284 Å². The van der Waals surface area contributed by atoms with Gasteiger partial charge in [0.2, 0.25) is 0 Å². The van der Waals surface area contributed by atoms with Gasteiger partial charge in [0.25, 0.3) is 0 Å². The minimum absolute atomic E-state index is 0.0394. The Balaban J connectivity index is 0.000000132. The second-order valence-electron chi connectivity index (χ2n) is 45.5. The molecular weight excluding hydrogens is 1580 g/mol. The molecule has 12 aliphatic rings. The molecular formula is C114H146NO6S3+. The van der Waals surface area contributed by atoms with Crippen molar-refractivity contribution in [2.45, 2.75) is 342 Å². The van der Waals surface area contributed by atoms with Gasteiger partial charge in [-0.1, -0.05) is 251 Å². The van der Waals surface area contributed by atoms with E-state index >= 15 is 0 Å². The summed E-state index contributed by atoms with van der Waals surface area (Å²) in [6.45, 7) is 47.4. The van der Waals surface area contributed by atoms with Gasteiger partial charge in [-0.15, -0.1) is 0 Å². The van der Waals surface area contributed by atoms with Crippen LogP contribution in [-0.2, 0) is 79.6 Å². The normalized spacial score (nSPS) is 25.7. The highest BCUT2D eigenvalue weighted by molar-refractivity contribution is 7.97. The summed E-state index contributed by atoms with van der Waals surface area (Å²) in [6, 6.07) is 82.5. The fourth-order valence-electron chi connectivity index (χ4n) is 22.7. The molecule has 4 unspecified atom stereocenters. The maximum atomic E-state index is 11.7. The summed E-state index contributed by atoms with van der Waals surface area (Å²) in [5, 5.41) is 36.1. The summed E-state index contributed by atoms with van der Waals surface area (Å²) in [6.07, 6.45) is 17.5. The highest BCUT2D eigenvalue weighted by atomic mass is 32.2. The number of aryl methyl sites for hydroxylation is 3. The topological polar surface area (TPSA) is 130 Å². The first kappa shape index (κ1) is 94.2. The lowest BCUT2D eigenvalue weighted by molar-refractivity contribution is -0.331. The lowest BCUT2D eigenvalue weighted by Gasteiger charge is -2.60. The van der Waals surface area contributed by atoms with Crippen molar-refractivity contribution in [1.82, 2.24) is 5.32 Å². The van der Waals surface area contributed by atoms with Gasteiger partial charge in [0.05, 0.1) is 38.3 Å². The minimum Gasteiger partial charge on any atom is -0.550 e. The molecule has 21 rings (SSSR count). The van der Waals surface area contributed by atoms with Crippen molar-refractivity contribution in [2.75, 3.05) is 7.05 Å². The maximum absolute atomic E-state index is 11.7. The smallest absolute Gasteiger partial charge is 0.166 e. The van der Waals surface area contributed by atoms with Crippen LogP contribution in [0.5, 0.6) is 0 Å². The quantitative estimate of drug-likeness (QED) is 0.117. The summed E-state index contributed by atoms with van der Waals surface area (Å²) in [5.41, 5.74) is 11.8. The number of rotatable bonds is 12. The predicted molar refractivity (Wildman–Crippen MR) is 514 cm³/mol. The molecule has 124 heavy (non-hydrogen) atoms. The van der Waals surface area contributed by atoms with Gasteiger partial charge >= 0.3 is 0 Å². The highest BCUT2D eigenvalue weighted by Gasteiger charge is 2.59. The number of carboxylic acids is 2. The number of benzene rings is 9. The van der Waals surface area contributed by atoms with Crippen LogP contribution in [0.15, 0.2) is 262 Å². The van der Waals surface area contributed by atoms with E-state index in [1.807, 2.05) is 0 Å². The van der Waals surface area contributed by atoms with Crippen LogP contribution in [-0.4, -0.2) is 41.0 Å². The highest BCUT2D eigenvalue weighted by Crippen LogP contribution is 2.62. The number of aliphatic hydroxyl groups is 1. The molecule has 9 aromatic carbocycles. The molecule has 12 aliphatic carbocycles. The molecule has 0 amide bonds. The Labute approximate surface area is 755 Å². The van der Waals surface area contributed by atoms with E-state index in [1.54, 1.807) is 19.3 Å². The van der Waals surface area contributed by atoms with Gasteiger partial charge in [-0.3, -0.25) is 4.79 Å². The molecule has 2 N–H and O–H groups in total. The van der Waals surface area contributed by atoms with Gasteiger partial charge in [-0.05, 0) is 348 Å². The Bertz CT molecular complexity index is 4480. The number of aliphatic carboxylic acids is 2. The molecule has 7 nitrogen and oxygen atoms in total. The third kappa shape index (κ3) is 22.3. The average Bonchev–Trinajstić information content (AvgIpc) is 0.695. The van der Waals surface area contributed by atoms with Gasteiger partial charge in [0.1, 0.15) is 5.78 Å². The van der Waals surface area contributed by atoms with Crippen LogP contribution in [0.25, 0.3) is 0 Å². The van der Waals surface area contributed by atoms with E-state index in [9.17, 15) is 29.7 Å². The van der Waals surface area contributed by atoms with E-state index in [1.165, 1.54) is 113 Å². The number of carbonyl (C=O) groups is 3. The van der Waals surface area contributed by atoms with Crippen LogP contribution in [0.3, 0.4) is 0 Å². The van der Waals surface area contributed by atoms with Gasteiger partial charge in [-0.2, -0.15) is 0 Å². The van der Waals surface area contributed by atoms with E-state index < -0.39 is 28.4 Å². The zero-order valence-corrected chi connectivity index (χ0v) is 81.6. The number of hydrogen-bond acceptors (Lipinski definition) is 7. The third-order valence-electron chi connectivity index (χ3n) is 29.0. The monoisotopic (exact) mass is 1720 g/mol. The van der Waals surface area contributed by atoms with Crippen molar-refractivity contribution in [2.24, 2.45) is 58.2 Å². The largest absolute Gasteiger partial charge is 0.550 e. The Morgan fingerprint density at radius 3 is 0.702 bits per heavy atom. The van der Waals surface area contributed by atoms with Gasteiger partial charge in [0, 0.05) is 40.1 Å². The van der Waals surface area contributed by atoms with Crippen LogP contribution in [0.2, 0.25) is 0 Å². The minimum atomic E-state index is -0.926. The molecule has 12 bridgehead atoms. The number of Topliss-reactive ketones (excluding diaryl/α,β-unsaturated/α-hetero) is 1. The summed E-state index contributed by atoms with van der Waals surface area (Å²) in [4.78, 5) is 46.4. The molecule has 9 aromatic rings. The molecule has 0 saturated heterocycles. The van der Waals surface area contributed by atoms with Gasteiger partial charge in [0.15, 0.2) is 44.1 Å². The second kappa shape index (κ2) is 37.0. The first-order chi connectivity index (χ1) is 58.1. The SMILES string of the molecule is CC(C)(C)c1ccc([S+](c2ccc(C(C)(C)C)cc2)c2ccc(C(C)(C)C)cc2)cc1.CC(C)(C)c1ccc([S+](c2ccc(C(C)(C)C)cc2)c2ccc(C(C)(C)C)cc2)cc1.CNC12CC3CC(CC(C3)C1)C2.Cc1ccc([S+](c2ccc(C)cc2)c2ccc(C)cc2)cc1.O=C([O-])C12CC3CC(CC(O)(C3)C1)C2.O=C1C2CC3CC1CC(C(=O)[O-])(C3)C2. The average molecular weight is 1720 g/mol. The molecule has 10 heteroatoms. The lowest BCUT2D eigenvalue weighted by atomic mass is 9.48. The first-order valence-electron chi connectivity index (χ1n) is 46.5. The van der Waals surface area contributed by atoms with Crippen LogP contribution in [0.4, 0.5) is 0 Å². The Morgan fingerprint density at radius 1 is 0.298 bits per heavy atom. The van der Waals surface area contributed by atoms with Crippen molar-refractivity contribution in [3.8, 4) is 0 Å². The van der Waals surface area contributed by atoms with E-state index in [2.05, 4.69) is 376 Å². The number of ketones is 1. The number of hydrogen-bond donors (Lipinski definition) is 2. The molecule has 0 radical (unpaired) electrons. The summed E-state index contributed by atoms with van der Waals surface area (Å²) < 4.78 is 0. The third-order valence-corrected chi connectivity index (χ3v) is 35.7. The summed E-state index contributed by atoms with van der Waals surface area (Å²) >= 11 is 0. The van der Waals surface area contributed by atoms with E-state index in [4.69, 9.17) is 0 Å². The van der Waals surface area contributed by atoms with Crippen LogP contribution >= 0.6 is 0 Å². The van der Waals surface area contributed by atoms with Crippen molar-refractivity contribution < 1.29 is 29.7 Å². The summed E-state index contributed by atoms with van der Waals surface area (Å²) in [5.74, 6) is 3.17. The molecule has 0 heterocycles. The number of nitrogens with one attached hydrogen (secondary N) is 1. The molecule has 4 atom stereocenters. The Hall–Kier alpha value is -7.44. The van der Waals surface area contributed by atoms with Crippen molar-refractivity contribution in [3.63, 3.8) is 0 Å². The molecule has 0 aromatic heterocycles. The fourth-order valence-corrected chi connectivity index (χ4v) is 28.8. The van der Waals surface area contributed by atoms with Crippen molar-refractivity contribution in [1.29, 1.82) is 0 Å². The standard InChI is InChI=1S/2C30H39S.C21H21S.C11H19N.C11H16O3.C11H14O3/c2*1-28(2,3)22-10-16-25(17-11-22)31(26-18-12-23(13-19-26)29(4,5)6)27-20-14-24(15-21-27)30(7,8)9;1-16-4-10-19(11-5-16)22(20-12-6-17(2)7-13-20)21-14-8-18(3)9-15-21;1-12-11-5-8-2-9(6-11)4-10(3-8)7-11;12-9(13)10-2-7-1-8(3-10)5-11(14,4-7)6-10;12-9-7-1-6-2-8(9)5-11(3-6,4-7)10(13)14/h2*10-21H,1-9H3;4-15H,1-3H3;8-10,12H,2-7H2,1H3;7-8,14H,1-6H2,(H,12,13);6-8H,1-5H2,(H,13,14)/q3*+1;;;/p-2. The lowest BCUT2D eigenvalue weighted by Crippen LogP contribution is -2.60. The summed E-state index contributed by atoms with van der Waals surface area (Å²) in [7, 11) is 1.89. The van der Waals surface area contributed by atoms with Crippen molar-refractivity contribution >= 4 is 50.4 Å².